The molecule has 0 heterocycles. The first-order valence-electron chi connectivity index (χ1n) is 5.41. The topological polar surface area (TPSA) is 9.23 Å². The lowest BCUT2D eigenvalue weighted by Gasteiger charge is -2.62. The molecule has 0 amide bonds. The quantitative estimate of drug-likeness (QED) is 0.695. The average molecular weight is 247 g/mol. The highest BCUT2D eigenvalue weighted by molar-refractivity contribution is 9.09. The summed E-state index contributed by atoms with van der Waals surface area (Å²) in [5.41, 5.74) is 0.582. The van der Waals surface area contributed by atoms with Crippen molar-refractivity contribution in [2.24, 2.45) is 11.3 Å². The third-order valence-electron chi connectivity index (χ3n) is 4.24. The fourth-order valence-electron chi connectivity index (χ4n) is 3.18. The van der Waals surface area contributed by atoms with E-state index in [-0.39, 0.29) is 0 Å². The highest BCUT2D eigenvalue weighted by Crippen LogP contribution is 2.63. The molecule has 0 aromatic heterocycles. The van der Waals surface area contributed by atoms with Gasteiger partial charge in [0.15, 0.2) is 0 Å². The molecule has 2 fully saturated rings. The maximum absolute atomic E-state index is 5.55. The van der Waals surface area contributed by atoms with Gasteiger partial charge >= 0.3 is 0 Å². The molecule has 76 valence electrons. The van der Waals surface area contributed by atoms with E-state index in [1.54, 1.807) is 0 Å². The lowest BCUT2D eigenvalue weighted by atomic mass is 9.47. The third kappa shape index (κ3) is 1.29. The number of halogens is 1. The molecular weight excluding hydrogens is 228 g/mol. The molecule has 0 saturated heterocycles. The van der Waals surface area contributed by atoms with Gasteiger partial charge in [0.2, 0.25) is 0 Å². The Hall–Kier alpha value is 0.440. The van der Waals surface area contributed by atoms with Crippen molar-refractivity contribution in [2.45, 2.75) is 50.0 Å². The predicted molar refractivity (Wildman–Crippen MR) is 58.2 cm³/mol. The Balaban J connectivity index is 2.01. The Morgan fingerprint density at radius 1 is 1.54 bits per heavy atom. The number of alkyl halides is 1. The van der Waals surface area contributed by atoms with Crippen LogP contribution in [0.25, 0.3) is 0 Å². The highest BCUT2D eigenvalue weighted by atomic mass is 79.9. The minimum atomic E-state index is 0.567. The minimum absolute atomic E-state index is 0.567. The Bertz CT molecular complexity index is 189. The molecule has 13 heavy (non-hydrogen) atoms. The van der Waals surface area contributed by atoms with E-state index in [1.165, 1.54) is 32.1 Å². The van der Waals surface area contributed by atoms with Crippen LogP contribution < -0.4 is 0 Å². The van der Waals surface area contributed by atoms with Crippen LogP contribution in [0.5, 0.6) is 0 Å². The lowest BCUT2D eigenvalue weighted by Crippen LogP contribution is -2.60. The maximum Gasteiger partial charge on any atom is 0.0633 e. The second kappa shape index (κ2) is 3.54. The summed E-state index contributed by atoms with van der Waals surface area (Å²) in [6.45, 7) is 2.27. The van der Waals surface area contributed by atoms with Crippen LogP contribution in [0.1, 0.15) is 39.0 Å². The molecule has 2 heteroatoms. The molecule has 3 unspecified atom stereocenters. The molecular formula is C11H19BrO. The van der Waals surface area contributed by atoms with Crippen LogP contribution in [0, 0.1) is 11.3 Å². The van der Waals surface area contributed by atoms with Gasteiger partial charge in [-0.05, 0) is 31.6 Å². The summed E-state index contributed by atoms with van der Waals surface area (Å²) in [4.78, 5) is 0.721. The van der Waals surface area contributed by atoms with Crippen LogP contribution in [0.2, 0.25) is 0 Å². The SMILES string of the molecule is CCC(Br)C1CC(OC)C12CCC2. The van der Waals surface area contributed by atoms with Crippen molar-refractivity contribution >= 4 is 15.9 Å². The minimum Gasteiger partial charge on any atom is -0.381 e. The fourth-order valence-corrected chi connectivity index (χ4v) is 3.92. The molecule has 1 spiro atoms. The molecule has 0 N–H and O–H groups in total. The van der Waals surface area contributed by atoms with Crippen LogP contribution in [0.4, 0.5) is 0 Å². The van der Waals surface area contributed by atoms with Gasteiger partial charge in [0.25, 0.3) is 0 Å². The number of hydrogen-bond acceptors (Lipinski definition) is 1. The summed E-state index contributed by atoms with van der Waals surface area (Å²) in [7, 11) is 1.87. The summed E-state index contributed by atoms with van der Waals surface area (Å²) < 4.78 is 5.55. The van der Waals surface area contributed by atoms with Crippen LogP contribution in [0.3, 0.4) is 0 Å². The van der Waals surface area contributed by atoms with Gasteiger partial charge in [-0.15, -0.1) is 0 Å². The molecule has 1 nitrogen and oxygen atoms in total. The molecule has 2 rings (SSSR count). The van der Waals surface area contributed by atoms with E-state index < -0.39 is 0 Å². The Labute approximate surface area is 89.4 Å². The van der Waals surface area contributed by atoms with Gasteiger partial charge in [-0.25, -0.2) is 0 Å². The van der Waals surface area contributed by atoms with E-state index in [1.807, 2.05) is 7.11 Å². The second-order valence-corrected chi connectivity index (χ2v) is 5.75. The monoisotopic (exact) mass is 246 g/mol. The van der Waals surface area contributed by atoms with Gasteiger partial charge in [-0.3, -0.25) is 0 Å². The zero-order valence-corrected chi connectivity index (χ0v) is 10.1. The zero-order chi connectivity index (χ0) is 9.47. The molecule has 0 bridgehead atoms. The van der Waals surface area contributed by atoms with Gasteiger partial charge in [0, 0.05) is 17.4 Å². The predicted octanol–water partition coefficient (Wildman–Crippen LogP) is 3.37. The van der Waals surface area contributed by atoms with E-state index in [0.29, 0.717) is 11.5 Å². The van der Waals surface area contributed by atoms with Crippen molar-refractivity contribution in [3.05, 3.63) is 0 Å². The number of hydrogen-bond donors (Lipinski definition) is 0. The molecule has 2 aliphatic carbocycles. The lowest BCUT2D eigenvalue weighted by molar-refractivity contribution is -0.183. The van der Waals surface area contributed by atoms with E-state index in [2.05, 4.69) is 22.9 Å². The summed E-state index contributed by atoms with van der Waals surface area (Å²) in [6, 6.07) is 0. The average Bonchev–Trinajstić information content (AvgIpc) is 2.00. The first kappa shape index (κ1) is 9.97. The van der Waals surface area contributed by atoms with E-state index in [9.17, 15) is 0 Å². The van der Waals surface area contributed by atoms with Gasteiger partial charge in [-0.1, -0.05) is 29.3 Å². The number of rotatable bonds is 3. The van der Waals surface area contributed by atoms with Gasteiger partial charge in [0.05, 0.1) is 6.10 Å². The number of methoxy groups -OCH3 is 1. The smallest absolute Gasteiger partial charge is 0.0633 e. The third-order valence-corrected chi connectivity index (χ3v) is 5.53. The first-order valence-corrected chi connectivity index (χ1v) is 6.33. The van der Waals surface area contributed by atoms with Gasteiger partial charge in [0.1, 0.15) is 0 Å². The molecule has 2 saturated carbocycles. The summed E-state index contributed by atoms with van der Waals surface area (Å²) >= 11 is 3.81. The highest BCUT2D eigenvalue weighted by Gasteiger charge is 2.59. The number of ether oxygens (including phenoxy) is 1. The largest absolute Gasteiger partial charge is 0.381 e. The second-order valence-electron chi connectivity index (χ2n) is 4.58. The van der Waals surface area contributed by atoms with Crippen molar-refractivity contribution in [3.8, 4) is 0 Å². The van der Waals surface area contributed by atoms with E-state index >= 15 is 0 Å². The molecule has 0 aliphatic heterocycles. The van der Waals surface area contributed by atoms with Gasteiger partial charge < -0.3 is 4.74 Å². The van der Waals surface area contributed by atoms with Crippen LogP contribution in [-0.2, 0) is 4.74 Å². The maximum atomic E-state index is 5.55. The molecule has 0 radical (unpaired) electrons. The zero-order valence-electron chi connectivity index (χ0n) is 8.55. The van der Waals surface area contributed by atoms with Crippen molar-refractivity contribution in [3.63, 3.8) is 0 Å². The van der Waals surface area contributed by atoms with E-state index in [0.717, 1.165) is 10.7 Å². The summed E-state index contributed by atoms with van der Waals surface area (Å²) in [5.74, 6) is 0.885. The van der Waals surface area contributed by atoms with Crippen molar-refractivity contribution in [1.82, 2.24) is 0 Å². The van der Waals surface area contributed by atoms with Crippen molar-refractivity contribution in [1.29, 1.82) is 0 Å². The molecule has 3 atom stereocenters. The Morgan fingerprint density at radius 2 is 2.23 bits per heavy atom. The molecule has 0 aromatic carbocycles. The summed E-state index contributed by atoms with van der Waals surface area (Å²) in [6.07, 6.45) is 7.32. The van der Waals surface area contributed by atoms with E-state index in [4.69, 9.17) is 4.74 Å². The van der Waals surface area contributed by atoms with Crippen LogP contribution in [-0.4, -0.2) is 18.0 Å². The molecule has 0 aromatic rings. The normalized spacial score (nSPS) is 38.1. The fraction of sp³-hybridized carbons (Fsp3) is 1.00. The Morgan fingerprint density at radius 3 is 2.62 bits per heavy atom. The molecule has 2 aliphatic rings. The standard InChI is InChI=1S/C11H19BrO/c1-3-9(12)8-7-10(13-2)11(8)5-4-6-11/h8-10H,3-7H2,1-2H3. The summed E-state index contributed by atoms with van der Waals surface area (Å²) in [5, 5.41) is 0. The Kier molecular flexibility index (Phi) is 2.72. The van der Waals surface area contributed by atoms with Crippen LogP contribution >= 0.6 is 15.9 Å². The van der Waals surface area contributed by atoms with Crippen LogP contribution in [0.15, 0.2) is 0 Å². The van der Waals surface area contributed by atoms with Gasteiger partial charge in [-0.2, -0.15) is 0 Å². The van der Waals surface area contributed by atoms with Crippen molar-refractivity contribution in [2.75, 3.05) is 7.11 Å². The first-order chi connectivity index (χ1) is 6.24. The van der Waals surface area contributed by atoms with Crippen molar-refractivity contribution < 1.29 is 4.74 Å².